The van der Waals surface area contributed by atoms with E-state index in [1.165, 1.54) is 11.1 Å². The fourth-order valence-corrected chi connectivity index (χ4v) is 2.43. The van der Waals surface area contributed by atoms with Gasteiger partial charge in [-0.3, -0.25) is 4.79 Å². The van der Waals surface area contributed by atoms with Crippen LogP contribution in [0.1, 0.15) is 18.1 Å². The van der Waals surface area contributed by atoms with Gasteiger partial charge in [0.2, 0.25) is 5.91 Å². The molecule has 1 atom stereocenters. The largest absolute Gasteiger partial charge is 0.351 e. The highest BCUT2D eigenvalue weighted by atomic mass is 16.2. The second-order valence-corrected chi connectivity index (χ2v) is 4.80. The molecule has 0 radical (unpaired) electrons. The fourth-order valence-electron chi connectivity index (χ4n) is 2.43. The van der Waals surface area contributed by atoms with Crippen LogP contribution in [0.4, 0.5) is 0 Å². The summed E-state index contributed by atoms with van der Waals surface area (Å²) in [5.74, 6) is 0.0332. The second kappa shape index (κ2) is 5.83. The van der Waals surface area contributed by atoms with Crippen molar-refractivity contribution in [3.63, 3.8) is 0 Å². The van der Waals surface area contributed by atoms with Crippen LogP contribution < -0.4 is 10.6 Å². The van der Waals surface area contributed by atoms with E-state index in [1.807, 2.05) is 6.92 Å². The van der Waals surface area contributed by atoms with Crippen molar-refractivity contribution >= 4 is 5.91 Å². The Hall–Kier alpha value is -1.61. The third-order valence-electron chi connectivity index (χ3n) is 3.35. The molecule has 96 valence electrons. The van der Waals surface area contributed by atoms with E-state index in [9.17, 15) is 4.79 Å². The topological polar surface area (TPSA) is 41.1 Å². The molecule has 3 heteroatoms. The van der Waals surface area contributed by atoms with Crippen molar-refractivity contribution in [2.45, 2.75) is 31.8 Å². The van der Waals surface area contributed by atoms with Crippen molar-refractivity contribution in [3.05, 3.63) is 48.0 Å². The molecule has 0 spiro atoms. The van der Waals surface area contributed by atoms with Crippen molar-refractivity contribution in [1.82, 2.24) is 10.6 Å². The molecule has 1 amide bonds. The van der Waals surface area contributed by atoms with E-state index >= 15 is 0 Å². The van der Waals surface area contributed by atoms with E-state index < -0.39 is 0 Å². The van der Waals surface area contributed by atoms with Gasteiger partial charge in [0.15, 0.2) is 0 Å². The first kappa shape index (κ1) is 12.8. The van der Waals surface area contributed by atoms with Crippen LogP contribution in [0.25, 0.3) is 0 Å². The first-order valence-corrected chi connectivity index (χ1v) is 6.42. The Morgan fingerprint density at radius 2 is 2.06 bits per heavy atom. The minimum atomic E-state index is -0.163. The molecule has 1 aromatic carbocycles. The number of hydrogen-bond donors (Lipinski definition) is 2. The molecule has 0 aliphatic heterocycles. The average molecular weight is 244 g/mol. The summed E-state index contributed by atoms with van der Waals surface area (Å²) in [7, 11) is 0. The molecular formula is C15H20N2O. The van der Waals surface area contributed by atoms with Gasteiger partial charge >= 0.3 is 0 Å². The zero-order chi connectivity index (χ0) is 13.0. The van der Waals surface area contributed by atoms with Crippen molar-refractivity contribution in [2.24, 2.45) is 0 Å². The Morgan fingerprint density at radius 3 is 2.61 bits per heavy atom. The number of hydrogen-bond acceptors (Lipinski definition) is 2. The molecule has 0 heterocycles. The first-order valence-electron chi connectivity index (χ1n) is 6.42. The van der Waals surface area contributed by atoms with Crippen molar-refractivity contribution in [2.75, 3.05) is 6.54 Å². The zero-order valence-corrected chi connectivity index (χ0v) is 10.8. The highest BCUT2D eigenvalue weighted by Gasteiger charge is 2.23. The van der Waals surface area contributed by atoms with Gasteiger partial charge in [0, 0.05) is 12.6 Å². The van der Waals surface area contributed by atoms with Crippen molar-refractivity contribution in [1.29, 1.82) is 0 Å². The van der Waals surface area contributed by atoms with Gasteiger partial charge in [-0.1, -0.05) is 30.3 Å². The van der Waals surface area contributed by atoms with Gasteiger partial charge in [-0.15, -0.1) is 6.58 Å². The summed E-state index contributed by atoms with van der Waals surface area (Å²) in [5, 5.41) is 6.20. The van der Waals surface area contributed by atoms with Crippen molar-refractivity contribution in [3.8, 4) is 0 Å². The van der Waals surface area contributed by atoms with E-state index in [4.69, 9.17) is 0 Å². The summed E-state index contributed by atoms with van der Waals surface area (Å²) < 4.78 is 0. The average Bonchev–Trinajstić information content (AvgIpc) is 2.77. The number of amides is 1. The van der Waals surface area contributed by atoms with E-state index in [2.05, 4.69) is 41.5 Å². The molecule has 0 saturated heterocycles. The van der Waals surface area contributed by atoms with Gasteiger partial charge in [-0.2, -0.15) is 0 Å². The standard InChI is InChI=1S/C15H20N2O/c1-3-8-16-15(18)11(2)17-14-9-12-6-4-5-7-13(12)10-14/h3-7,11,14,17H,1,8-10H2,2H3,(H,16,18). The lowest BCUT2D eigenvalue weighted by molar-refractivity contribution is -0.122. The first-order chi connectivity index (χ1) is 8.70. The molecule has 1 aromatic rings. The maximum atomic E-state index is 11.7. The highest BCUT2D eigenvalue weighted by Crippen LogP contribution is 2.21. The summed E-state index contributed by atoms with van der Waals surface area (Å²) >= 11 is 0. The summed E-state index contributed by atoms with van der Waals surface area (Å²) in [6, 6.07) is 8.68. The van der Waals surface area contributed by atoms with Gasteiger partial charge in [0.1, 0.15) is 0 Å². The SMILES string of the molecule is C=CCNC(=O)C(C)NC1Cc2ccccc2C1. The Balaban J connectivity index is 1.85. The van der Waals surface area contributed by atoms with E-state index in [-0.39, 0.29) is 11.9 Å². The normalized spacial score (nSPS) is 16.1. The molecule has 1 aliphatic rings. The number of carbonyl (C=O) groups is 1. The smallest absolute Gasteiger partial charge is 0.237 e. The third-order valence-corrected chi connectivity index (χ3v) is 3.35. The van der Waals surface area contributed by atoms with Gasteiger partial charge in [0.25, 0.3) is 0 Å². The van der Waals surface area contributed by atoms with Crippen LogP contribution >= 0.6 is 0 Å². The van der Waals surface area contributed by atoms with Gasteiger partial charge < -0.3 is 10.6 Å². The maximum Gasteiger partial charge on any atom is 0.237 e. The number of fused-ring (bicyclic) bond motifs is 1. The quantitative estimate of drug-likeness (QED) is 0.769. The van der Waals surface area contributed by atoms with Crippen LogP contribution in [0.3, 0.4) is 0 Å². The number of carbonyl (C=O) groups excluding carboxylic acids is 1. The number of rotatable bonds is 5. The lowest BCUT2D eigenvalue weighted by Gasteiger charge is -2.18. The highest BCUT2D eigenvalue weighted by molar-refractivity contribution is 5.81. The van der Waals surface area contributed by atoms with Gasteiger partial charge in [-0.05, 0) is 30.9 Å². The summed E-state index contributed by atoms with van der Waals surface area (Å²) in [4.78, 5) is 11.7. The van der Waals surface area contributed by atoms with Crippen LogP contribution in [-0.2, 0) is 17.6 Å². The van der Waals surface area contributed by atoms with E-state index in [1.54, 1.807) is 6.08 Å². The Bertz CT molecular complexity index is 417. The summed E-state index contributed by atoms with van der Waals surface area (Å²) in [5.41, 5.74) is 2.79. The molecule has 2 rings (SSSR count). The third kappa shape index (κ3) is 2.99. The van der Waals surface area contributed by atoms with Crippen molar-refractivity contribution < 1.29 is 4.79 Å². The zero-order valence-electron chi connectivity index (χ0n) is 10.8. The van der Waals surface area contributed by atoms with Crippen LogP contribution in [-0.4, -0.2) is 24.5 Å². The maximum absolute atomic E-state index is 11.7. The predicted octanol–water partition coefficient (Wildman–Crippen LogP) is 1.43. The minimum Gasteiger partial charge on any atom is -0.351 e. The fraction of sp³-hybridized carbons (Fsp3) is 0.400. The van der Waals surface area contributed by atoms with Crippen LogP contribution in [0.15, 0.2) is 36.9 Å². The Kier molecular flexibility index (Phi) is 4.15. The molecule has 2 N–H and O–H groups in total. The molecule has 1 aliphatic carbocycles. The lowest BCUT2D eigenvalue weighted by Crippen LogP contribution is -2.47. The van der Waals surface area contributed by atoms with E-state index in [0.29, 0.717) is 12.6 Å². The molecule has 18 heavy (non-hydrogen) atoms. The van der Waals surface area contributed by atoms with E-state index in [0.717, 1.165) is 12.8 Å². The van der Waals surface area contributed by atoms with Gasteiger partial charge in [0.05, 0.1) is 6.04 Å². The number of nitrogens with one attached hydrogen (secondary N) is 2. The van der Waals surface area contributed by atoms with Crippen LogP contribution in [0.5, 0.6) is 0 Å². The Morgan fingerprint density at radius 1 is 1.44 bits per heavy atom. The molecule has 0 saturated carbocycles. The summed E-state index contributed by atoms with van der Waals surface area (Å²) in [6.07, 6.45) is 3.71. The number of benzene rings is 1. The molecule has 0 fully saturated rings. The monoisotopic (exact) mass is 244 g/mol. The second-order valence-electron chi connectivity index (χ2n) is 4.80. The van der Waals surface area contributed by atoms with Gasteiger partial charge in [-0.25, -0.2) is 0 Å². The molecular weight excluding hydrogens is 224 g/mol. The molecule has 0 bridgehead atoms. The summed E-state index contributed by atoms with van der Waals surface area (Å²) in [6.45, 7) is 6.01. The molecule has 1 unspecified atom stereocenters. The predicted molar refractivity (Wildman–Crippen MR) is 73.4 cm³/mol. The van der Waals surface area contributed by atoms with Crippen LogP contribution in [0.2, 0.25) is 0 Å². The molecule has 3 nitrogen and oxygen atoms in total. The minimum absolute atomic E-state index is 0.0332. The lowest BCUT2D eigenvalue weighted by atomic mass is 10.1. The molecule has 0 aromatic heterocycles. The Labute approximate surface area is 108 Å². The van der Waals surface area contributed by atoms with Crippen LogP contribution in [0, 0.1) is 0 Å².